The zero-order chi connectivity index (χ0) is 15.2. The molecule has 0 spiro atoms. The number of nitrogens with one attached hydrogen (secondary N) is 1. The Morgan fingerprint density at radius 3 is 2.67 bits per heavy atom. The molecule has 1 heterocycles. The highest BCUT2D eigenvalue weighted by Crippen LogP contribution is 2.29. The van der Waals surface area contributed by atoms with Gasteiger partial charge in [-0.3, -0.25) is 0 Å². The molecule has 0 aliphatic carbocycles. The molecule has 2 aromatic rings. The third-order valence-corrected chi connectivity index (χ3v) is 4.75. The van der Waals surface area contributed by atoms with Crippen LogP contribution < -0.4 is 10.2 Å². The first-order chi connectivity index (χ1) is 10.1. The van der Waals surface area contributed by atoms with E-state index in [9.17, 15) is 0 Å². The van der Waals surface area contributed by atoms with E-state index in [4.69, 9.17) is 11.6 Å². The summed E-state index contributed by atoms with van der Waals surface area (Å²) in [5.74, 6) is 0. The van der Waals surface area contributed by atoms with Crippen LogP contribution in [0.25, 0.3) is 0 Å². The Bertz CT molecular complexity index is 567. The molecule has 1 N–H and O–H groups in total. The Labute approximate surface area is 136 Å². The summed E-state index contributed by atoms with van der Waals surface area (Å²) in [4.78, 5) is 3.58. The van der Waals surface area contributed by atoms with Crippen molar-refractivity contribution < 1.29 is 0 Å². The van der Waals surface area contributed by atoms with Crippen molar-refractivity contribution in [3.05, 3.63) is 51.2 Å². The highest BCUT2D eigenvalue weighted by atomic mass is 35.5. The normalized spacial score (nSPS) is 12.4. The first-order valence-corrected chi connectivity index (χ1v) is 8.59. The van der Waals surface area contributed by atoms with Crippen LogP contribution in [-0.2, 0) is 6.54 Å². The maximum atomic E-state index is 6.02. The van der Waals surface area contributed by atoms with Crippen LogP contribution in [0, 0.1) is 0 Å². The molecule has 114 valence electrons. The number of rotatable bonds is 7. The summed E-state index contributed by atoms with van der Waals surface area (Å²) < 4.78 is 0.852. The standard InChI is InChI=1S/C17H23ClN2S/c1-4-11-19-13(2)15-7-5-6-8-16(15)20(3)12-14-9-10-17(18)21-14/h5-10,13,19H,4,11-12H2,1-3H3. The average Bonchev–Trinajstić information content (AvgIpc) is 2.89. The lowest BCUT2D eigenvalue weighted by Gasteiger charge is -2.25. The van der Waals surface area contributed by atoms with Gasteiger partial charge in [0.25, 0.3) is 0 Å². The lowest BCUT2D eigenvalue weighted by atomic mass is 10.1. The molecule has 0 saturated carbocycles. The zero-order valence-corrected chi connectivity index (χ0v) is 14.5. The van der Waals surface area contributed by atoms with E-state index in [1.807, 2.05) is 6.07 Å². The number of hydrogen-bond donors (Lipinski definition) is 1. The first-order valence-electron chi connectivity index (χ1n) is 7.39. The van der Waals surface area contributed by atoms with Crippen LogP contribution in [0.15, 0.2) is 36.4 Å². The molecule has 0 radical (unpaired) electrons. The third kappa shape index (κ3) is 4.47. The van der Waals surface area contributed by atoms with E-state index in [1.54, 1.807) is 11.3 Å². The summed E-state index contributed by atoms with van der Waals surface area (Å²) in [6.07, 6.45) is 1.15. The minimum Gasteiger partial charge on any atom is -0.369 e. The van der Waals surface area contributed by atoms with Crippen LogP contribution in [0.3, 0.4) is 0 Å². The van der Waals surface area contributed by atoms with Gasteiger partial charge in [-0.15, -0.1) is 11.3 Å². The minimum absolute atomic E-state index is 0.357. The monoisotopic (exact) mass is 322 g/mol. The van der Waals surface area contributed by atoms with Gasteiger partial charge in [0.05, 0.1) is 10.9 Å². The van der Waals surface area contributed by atoms with E-state index in [-0.39, 0.29) is 0 Å². The van der Waals surface area contributed by atoms with Crippen molar-refractivity contribution in [2.45, 2.75) is 32.9 Å². The van der Waals surface area contributed by atoms with Crippen molar-refractivity contribution in [2.24, 2.45) is 0 Å². The zero-order valence-electron chi connectivity index (χ0n) is 12.9. The lowest BCUT2D eigenvalue weighted by molar-refractivity contribution is 0.570. The fourth-order valence-electron chi connectivity index (χ4n) is 2.43. The van der Waals surface area contributed by atoms with Crippen molar-refractivity contribution in [2.75, 3.05) is 18.5 Å². The molecule has 2 nitrogen and oxygen atoms in total. The molecule has 21 heavy (non-hydrogen) atoms. The highest BCUT2D eigenvalue weighted by molar-refractivity contribution is 7.16. The Morgan fingerprint density at radius 1 is 1.24 bits per heavy atom. The molecule has 2 rings (SSSR count). The fraction of sp³-hybridized carbons (Fsp3) is 0.412. The Balaban J connectivity index is 2.14. The SMILES string of the molecule is CCCNC(C)c1ccccc1N(C)Cc1ccc(Cl)s1. The Hall–Kier alpha value is -1.03. The van der Waals surface area contributed by atoms with Crippen LogP contribution >= 0.6 is 22.9 Å². The predicted molar refractivity (Wildman–Crippen MR) is 94.6 cm³/mol. The van der Waals surface area contributed by atoms with Crippen molar-refractivity contribution >= 4 is 28.6 Å². The van der Waals surface area contributed by atoms with E-state index in [0.29, 0.717) is 6.04 Å². The van der Waals surface area contributed by atoms with Gasteiger partial charge in [0, 0.05) is 23.7 Å². The van der Waals surface area contributed by atoms with Crippen molar-refractivity contribution in [3.63, 3.8) is 0 Å². The van der Waals surface area contributed by atoms with E-state index < -0.39 is 0 Å². The second kappa shape index (κ2) is 7.83. The molecule has 0 aliphatic rings. The largest absolute Gasteiger partial charge is 0.369 e. The van der Waals surface area contributed by atoms with Crippen LogP contribution in [0.2, 0.25) is 4.34 Å². The third-order valence-electron chi connectivity index (χ3n) is 3.54. The van der Waals surface area contributed by atoms with Gasteiger partial charge in [-0.05, 0) is 43.7 Å². The molecule has 1 aromatic heterocycles. The Morgan fingerprint density at radius 2 is 2.00 bits per heavy atom. The fourth-order valence-corrected chi connectivity index (χ4v) is 3.57. The molecule has 0 amide bonds. The molecule has 0 bridgehead atoms. The summed E-state index contributed by atoms with van der Waals surface area (Å²) in [6.45, 7) is 6.34. The van der Waals surface area contributed by atoms with Gasteiger partial charge in [-0.2, -0.15) is 0 Å². The number of benzene rings is 1. The summed E-state index contributed by atoms with van der Waals surface area (Å²) in [5, 5.41) is 3.57. The summed E-state index contributed by atoms with van der Waals surface area (Å²) in [5.41, 5.74) is 2.62. The summed E-state index contributed by atoms with van der Waals surface area (Å²) in [7, 11) is 2.14. The molecule has 4 heteroatoms. The molecule has 0 saturated heterocycles. The topological polar surface area (TPSA) is 15.3 Å². The number of nitrogens with zero attached hydrogens (tertiary/aromatic N) is 1. The first kappa shape index (κ1) is 16.3. The number of hydrogen-bond acceptors (Lipinski definition) is 3. The van der Waals surface area contributed by atoms with E-state index >= 15 is 0 Å². The van der Waals surface area contributed by atoms with Crippen LogP contribution in [-0.4, -0.2) is 13.6 Å². The molecular formula is C17H23ClN2S. The Kier molecular flexibility index (Phi) is 6.09. The van der Waals surface area contributed by atoms with Gasteiger partial charge in [0.15, 0.2) is 0 Å². The molecule has 1 atom stereocenters. The van der Waals surface area contributed by atoms with Gasteiger partial charge in [-0.25, -0.2) is 0 Å². The van der Waals surface area contributed by atoms with Crippen LogP contribution in [0.4, 0.5) is 5.69 Å². The van der Waals surface area contributed by atoms with E-state index in [2.05, 4.69) is 61.4 Å². The maximum Gasteiger partial charge on any atom is 0.0931 e. The summed E-state index contributed by atoms with van der Waals surface area (Å²) in [6, 6.07) is 13.0. The second-order valence-electron chi connectivity index (χ2n) is 5.30. The smallest absolute Gasteiger partial charge is 0.0931 e. The van der Waals surface area contributed by atoms with Crippen molar-refractivity contribution in [1.29, 1.82) is 0 Å². The second-order valence-corrected chi connectivity index (χ2v) is 7.10. The average molecular weight is 323 g/mol. The van der Waals surface area contributed by atoms with Crippen molar-refractivity contribution in [1.82, 2.24) is 5.32 Å². The van der Waals surface area contributed by atoms with Gasteiger partial charge in [-0.1, -0.05) is 36.7 Å². The lowest BCUT2D eigenvalue weighted by Crippen LogP contribution is -2.23. The summed E-state index contributed by atoms with van der Waals surface area (Å²) >= 11 is 7.67. The highest BCUT2D eigenvalue weighted by Gasteiger charge is 2.13. The molecular weight excluding hydrogens is 300 g/mol. The van der Waals surface area contributed by atoms with E-state index in [0.717, 1.165) is 23.8 Å². The maximum absolute atomic E-state index is 6.02. The molecule has 0 aliphatic heterocycles. The van der Waals surface area contributed by atoms with Gasteiger partial charge < -0.3 is 10.2 Å². The number of halogens is 1. The molecule has 1 unspecified atom stereocenters. The van der Waals surface area contributed by atoms with E-state index in [1.165, 1.54) is 16.1 Å². The van der Waals surface area contributed by atoms with Crippen LogP contribution in [0.1, 0.15) is 36.8 Å². The molecule has 1 aromatic carbocycles. The predicted octanol–water partition coefficient (Wildman–Crippen LogP) is 5.10. The van der Waals surface area contributed by atoms with Crippen LogP contribution in [0.5, 0.6) is 0 Å². The number of thiophene rings is 1. The van der Waals surface area contributed by atoms with Crippen molar-refractivity contribution in [3.8, 4) is 0 Å². The molecule has 0 fully saturated rings. The van der Waals surface area contributed by atoms with Gasteiger partial charge in [0.2, 0.25) is 0 Å². The number of anilines is 1. The number of para-hydroxylation sites is 1. The quantitative estimate of drug-likeness (QED) is 0.763. The van der Waals surface area contributed by atoms with Gasteiger partial charge in [0.1, 0.15) is 0 Å². The minimum atomic E-state index is 0.357. The van der Waals surface area contributed by atoms with Gasteiger partial charge >= 0.3 is 0 Å².